The second kappa shape index (κ2) is 8.56. The van der Waals surface area contributed by atoms with E-state index in [4.69, 9.17) is 11.6 Å². The van der Waals surface area contributed by atoms with Crippen LogP contribution in [0.3, 0.4) is 0 Å². The Morgan fingerprint density at radius 2 is 1.85 bits per heavy atom. The second-order valence-corrected chi connectivity index (χ2v) is 8.56. The number of nitrogens with zero attached hydrogens (tertiary/aromatic N) is 1. The lowest BCUT2D eigenvalue weighted by Gasteiger charge is -2.24. The van der Waals surface area contributed by atoms with Crippen LogP contribution >= 0.6 is 11.6 Å². The fourth-order valence-corrected chi connectivity index (χ4v) is 3.76. The molecule has 140 valence electrons. The number of benzene rings is 2. The molecule has 0 aliphatic rings. The Balaban J connectivity index is 2.05. The predicted molar refractivity (Wildman–Crippen MR) is 106 cm³/mol. The van der Waals surface area contributed by atoms with Crippen molar-refractivity contribution in [3.63, 3.8) is 0 Å². The lowest BCUT2D eigenvalue weighted by Crippen LogP contribution is -2.35. The van der Waals surface area contributed by atoms with Gasteiger partial charge in [-0.3, -0.25) is 9.10 Å². The summed E-state index contributed by atoms with van der Waals surface area (Å²) in [4.78, 5) is 12.2. The average molecular weight is 395 g/mol. The van der Waals surface area contributed by atoms with Gasteiger partial charge in [0, 0.05) is 24.5 Å². The van der Waals surface area contributed by atoms with Crippen LogP contribution in [0.5, 0.6) is 0 Å². The molecule has 5 nitrogen and oxygen atoms in total. The summed E-state index contributed by atoms with van der Waals surface area (Å²) in [7, 11) is -3.49. The molecule has 2 rings (SSSR count). The van der Waals surface area contributed by atoms with Crippen LogP contribution in [0.1, 0.15) is 23.1 Å². The molecular formula is C19H23ClN2O3S. The Morgan fingerprint density at radius 1 is 1.15 bits per heavy atom. The van der Waals surface area contributed by atoms with Gasteiger partial charge in [0.15, 0.2) is 0 Å². The van der Waals surface area contributed by atoms with Gasteiger partial charge in [-0.1, -0.05) is 41.9 Å². The standard InChI is InChI=1S/C19H23ClN2O3S/c1-14-8-9-15(2)18(12-14)22(26(3,24)25)11-10-19(23)21-13-16-6-4-5-7-17(16)20/h4-9,12H,10-11,13H2,1-3H3,(H,21,23). The van der Waals surface area contributed by atoms with Crippen molar-refractivity contribution in [2.24, 2.45) is 0 Å². The maximum Gasteiger partial charge on any atom is 0.232 e. The molecule has 0 fully saturated rings. The number of halogens is 1. The van der Waals surface area contributed by atoms with E-state index in [1.54, 1.807) is 6.07 Å². The molecule has 0 radical (unpaired) electrons. The summed E-state index contributed by atoms with van der Waals surface area (Å²) in [6.45, 7) is 4.14. The smallest absolute Gasteiger partial charge is 0.232 e. The molecule has 0 aliphatic carbocycles. The molecule has 0 saturated heterocycles. The molecule has 1 N–H and O–H groups in total. The van der Waals surface area contributed by atoms with Crippen molar-refractivity contribution in [1.29, 1.82) is 0 Å². The largest absolute Gasteiger partial charge is 0.352 e. The highest BCUT2D eigenvalue weighted by Gasteiger charge is 2.20. The third-order valence-corrected chi connectivity index (χ3v) is 5.56. The number of carbonyl (C=O) groups excluding carboxylic acids is 1. The minimum absolute atomic E-state index is 0.0604. The van der Waals surface area contributed by atoms with Gasteiger partial charge in [0.1, 0.15) is 0 Å². The summed E-state index contributed by atoms with van der Waals surface area (Å²) in [5.74, 6) is -0.233. The van der Waals surface area contributed by atoms with Crippen LogP contribution < -0.4 is 9.62 Å². The first-order valence-corrected chi connectivity index (χ1v) is 10.5. The highest BCUT2D eigenvalue weighted by molar-refractivity contribution is 7.92. The van der Waals surface area contributed by atoms with Crippen molar-refractivity contribution < 1.29 is 13.2 Å². The molecule has 1 amide bonds. The molecule has 7 heteroatoms. The van der Waals surface area contributed by atoms with Gasteiger partial charge in [-0.15, -0.1) is 0 Å². The van der Waals surface area contributed by atoms with Crippen LogP contribution in [0, 0.1) is 13.8 Å². The molecule has 2 aromatic carbocycles. The van der Waals surface area contributed by atoms with E-state index in [0.29, 0.717) is 17.3 Å². The summed E-state index contributed by atoms with van der Waals surface area (Å²) in [5.41, 5.74) is 3.23. The van der Waals surface area contributed by atoms with Crippen molar-refractivity contribution in [1.82, 2.24) is 5.32 Å². The van der Waals surface area contributed by atoms with Crippen molar-refractivity contribution in [3.05, 3.63) is 64.2 Å². The number of anilines is 1. The molecular weight excluding hydrogens is 372 g/mol. The number of nitrogens with one attached hydrogen (secondary N) is 1. The normalized spacial score (nSPS) is 11.2. The number of amides is 1. The predicted octanol–water partition coefficient (Wildman–Crippen LogP) is 3.43. The summed E-state index contributed by atoms with van der Waals surface area (Å²) < 4.78 is 25.7. The second-order valence-electron chi connectivity index (χ2n) is 6.24. The van der Waals surface area contributed by atoms with E-state index in [2.05, 4.69) is 5.32 Å². The lowest BCUT2D eigenvalue weighted by molar-refractivity contribution is -0.121. The van der Waals surface area contributed by atoms with Crippen LogP contribution in [-0.4, -0.2) is 27.1 Å². The molecule has 26 heavy (non-hydrogen) atoms. The molecule has 0 aliphatic heterocycles. The highest BCUT2D eigenvalue weighted by Crippen LogP contribution is 2.24. The molecule has 2 aromatic rings. The number of carbonyl (C=O) groups is 1. The van der Waals surface area contributed by atoms with Gasteiger partial charge in [-0.2, -0.15) is 0 Å². The highest BCUT2D eigenvalue weighted by atomic mass is 35.5. The fourth-order valence-electron chi connectivity index (χ4n) is 2.58. The Kier molecular flexibility index (Phi) is 6.67. The minimum Gasteiger partial charge on any atom is -0.352 e. The molecule has 0 bridgehead atoms. The zero-order chi connectivity index (χ0) is 19.3. The molecule has 0 saturated carbocycles. The monoisotopic (exact) mass is 394 g/mol. The molecule has 0 spiro atoms. The van der Waals surface area contributed by atoms with Crippen LogP contribution in [0.15, 0.2) is 42.5 Å². The van der Waals surface area contributed by atoms with Gasteiger partial charge in [0.2, 0.25) is 15.9 Å². The lowest BCUT2D eigenvalue weighted by atomic mass is 10.1. The SMILES string of the molecule is Cc1ccc(C)c(N(CCC(=O)NCc2ccccc2Cl)S(C)(=O)=O)c1. The van der Waals surface area contributed by atoms with E-state index >= 15 is 0 Å². The molecule has 0 heterocycles. The maximum absolute atomic E-state index is 12.2. The Bertz CT molecular complexity index is 897. The minimum atomic E-state index is -3.49. The van der Waals surface area contributed by atoms with E-state index < -0.39 is 10.0 Å². The first kappa shape index (κ1) is 20.3. The topological polar surface area (TPSA) is 66.5 Å². The Hall–Kier alpha value is -2.05. The van der Waals surface area contributed by atoms with Gasteiger partial charge in [-0.25, -0.2) is 8.42 Å². The number of rotatable bonds is 7. The van der Waals surface area contributed by atoms with Crippen LogP contribution in [0.2, 0.25) is 5.02 Å². The first-order chi connectivity index (χ1) is 12.2. The average Bonchev–Trinajstić information content (AvgIpc) is 2.56. The summed E-state index contributed by atoms with van der Waals surface area (Å²) in [6, 6.07) is 12.9. The third-order valence-electron chi connectivity index (χ3n) is 4.01. The van der Waals surface area contributed by atoms with Crippen molar-refractivity contribution in [2.75, 3.05) is 17.1 Å². The van der Waals surface area contributed by atoms with Gasteiger partial charge in [0.25, 0.3) is 0 Å². The number of hydrogen-bond donors (Lipinski definition) is 1. The fraction of sp³-hybridized carbons (Fsp3) is 0.316. The summed E-state index contributed by atoms with van der Waals surface area (Å²) in [5, 5.41) is 3.36. The van der Waals surface area contributed by atoms with E-state index in [-0.39, 0.29) is 18.9 Å². The van der Waals surface area contributed by atoms with Crippen molar-refractivity contribution >= 4 is 33.2 Å². The summed E-state index contributed by atoms with van der Waals surface area (Å²) >= 11 is 6.07. The van der Waals surface area contributed by atoms with Gasteiger partial charge in [-0.05, 0) is 42.7 Å². The van der Waals surface area contributed by atoms with Crippen molar-refractivity contribution in [2.45, 2.75) is 26.8 Å². The number of aryl methyl sites for hydroxylation is 2. The Morgan fingerprint density at radius 3 is 2.50 bits per heavy atom. The van der Waals surface area contributed by atoms with E-state index in [9.17, 15) is 13.2 Å². The van der Waals surface area contributed by atoms with Gasteiger partial charge >= 0.3 is 0 Å². The van der Waals surface area contributed by atoms with Gasteiger partial charge < -0.3 is 5.32 Å². The van der Waals surface area contributed by atoms with E-state index in [0.717, 1.165) is 22.9 Å². The first-order valence-electron chi connectivity index (χ1n) is 8.23. The maximum atomic E-state index is 12.2. The molecule has 0 atom stereocenters. The molecule has 0 aromatic heterocycles. The van der Waals surface area contributed by atoms with E-state index in [1.165, 1.54) is 4.31 Å². The van der Waals surface area contributed by atoms with Crippen LogP contribution in [0.25, 0.3) is 0 Å². The third kappa shape index (κ3) is 5.47. The summed E-state index contributed by atoms with van der Waals surface area (Å²) in [6.07, 6.45) is 1.21. The van der Waals surface area contributed by atoms with Crippen LogP contribution in [0.4, 0.5) is 5.69 Å². The van der Waals surface area contributed by atoms with Crippen molar-refractivity contribution in [3.8, 4) is 0 Å². The zero-order valence-electron chi connectivity index (χ0n) is 15.1. The van der Waals surface area contributed by atoms with E-state index in [1.807, 2.05) is 50.2 Å². The zero-order valence-corrected chi connectivity index (χ0v) is 16.7. The van der Waals surface area contributed by atoms with Crippen LogP contribution in [-0.2, 0) is 21.4 Å². The number of hydrogen-bond acceptors (Lipinski definition) is 3. The Labute approximate surface area is 160 Å². The van der Waals surface area contributed by atoms with Gasteiger partial charge in [0.05, 0.1) is 11.9 Å². The quantitative estimate of drug-likeness (QED) is 0.782. The molecule has 0 unspecified atom stereocenters. The number of sulfonamides is 1.